The molecule has 0 aliphatic carbocycles. The van der Waals surface area contributed by atoms with Crippen molar-refractivity contribution in [2.24, 2.45) is 16.3 Å². The molecule has 0 aromatic carbocycles. The van der Waals surface area contributed by atoms with Gasteiger partial charge >= 0.3 is 12.1 Å². The molecule has 8 heteroatoms. The Morgan fingerprint density at radius 1 is 1.12 bits per heavy atom. The second-order valence-corrected chi connectivity index (χ2v) is 8.89. The molecule has 0 fully saturated rings. The number of rotatable bonds is 7. The smallest absolute Gasteiger partial charge is 0.408 e. The molecule has 152 valence electrons. The number of hydrazone groups is 1. The summed E-state index contributed by atoms with van der Waals surface area (Å²) < 4.78 is 11.0. The number of alkyl carbamates (subject to hydrolysis) is 1. The lowest BCUT2D eigenvalue weighted by molar-refractivity contribution is -0.158. The van der Waals surface area contributed by atoms with Gasteiger partial charge in [-0.1, -0.05) is 27.7 Å². The zero-order valence-corrected chi connectivity index (χ0v) is 17.6. The van der Waals surface area contributed by atoms with Gasteiger partial charge in [-0.15, -0.1) is 0 Å². The summed E-state index contributed by atoms with van der Waals surface area (Å²) in [5, 5.41) is 6.46. The fraction of sp³-hybridized carbons (Fsp3) is 0.833. The van der Waals surface area contributed by atoms with E-state index in [0.29, 0.717) is 6.42 Å². The number of hydrogen-bond acceptors (Lipinski definition) is 6. The topological polar surface area (TPSA) is 115 Å². The summed E-state index contributed by atoms with van der Waals surface area (Å²) >= 11 is 0. The highest BCUT2D eigenvalue weighted by atomic mass is 16.6. The van der Waals surface area contributed by atoms with Gasteiger partial charge in [0.2, 0.25) is 0 Å². The Bertz CT molecular complexity index is 504. The normalized spacial score (nSPS) is 15.3. The van der Waals surface area contributed by atoms with Crippen LogP contribution in [0, 0.1) is 5.41 Å². The molecule has 2 atom stereocenters. The van der Waals surface area contributed by atoms with Crippen LogP contribution in [0.2, 0.25) is 0 Å². The van der Waals surface area contributed by atoms with Crippen molar-refractivity contribution in [2.45, 2.75) is 92.0 Å². The SMILES string of the molecule is CCC(OC(=O)[C@@H](NC(=O)OC(C)(C)C)C(C)(C)C)C(C)(C)N/N=C\N. The Morgan fingerprint density at radius 3 is 2.04 bits per heavy atom. The first kappa shape index (κ1) is 24.0. The fourth-order valence-electron chi connectivity index (χ4n) is 2.28. The van der Waals surface area contributed by atoms with E-state index in [4.69, 9.17) is 15.2 Å². The number of esters is 1. The first-order valence-electron chi connectivity index (χ1n) is 8.84. The molecule has 1 amide bonds. The molecule has 0 aliphatic rings. The Hall–Kier alpha value is -1.99. The van der Waals surface area contributed by atoms with E-state index in [1.165, 1.54) is 0 Å². The molecule has 0 heterocycles. The first-order valence-corrected chi connectivity index (χ1v) is 8.84. The zero-order chi connectivity index (χ0) is 20.8. The number of carbonyl (C=O) groups excluding carboxylic acids is 2. The van der Waals surface area contributed by atoms with Gasteiger partial charge in [-0.25, -0.2) is 9.59 Å². The third kappa shape index (κ3) is 8.40. The maximum atomic E-state index is 12.8. The van der Waals surface area contributed by atoms with Crippen molar-refractivity contribution in [3.8, 4) is 0 Å². The second-order valence-electron chi connectivity index (χ2n) is 8.89. The number of nitrogens with two attached hydrogens (primary N) is 1. The summed E-state index contributed by atoms with van der Waals surface area (Å²) in [4.78, 5) is 24.9. The highest BCUT2D eigenvalue weighted by molar-refractivity contribution is 5.82. The van der Waals surface area contributed by atoms with Crippen molar-refractivity contribution in [3.63, 3.8) is 0 Å². The Kier molecular flexibility index (Phi) is 8.40. The number of hydrogen-bond donors (Lipinski definition) is 3. The Labute approximate surface area is 157 Å². The average Bonchev–Trinajstić information content (AvgIpc) is 2.44. The van der Waals surface area contributed by atoms with E-state index in [1.807, 2.05) is 41.5 Å². The van der Waals surface area contributed by atoms with Crippen LogP contribution in [0.15, 0.2) is 5.10 Å². The third-order valence-electron chi connectivity index (χ3n) is 3.62. The van der Waals surface area contributed by atoms with Crippen molar-refractivity contribution in [3.05, 3.63) is 0 Å². The van der Waals surface area contributed by atoms with Gasteiger partial charge < -0.3 is 20.5 Å². The number of amides is 1. The molecule has 0 saturated carbocycles. The van der Waals surface area contributed by atoms with Gasteiger partial charge in [0.05, 0.1) is 5.54 Å². The molecule has 0 spiro atoms. The minimum Gasteiger partial charge on any atom is -0.458 e. The minimum atomic E-state index is -0.861. The Balaban J connectivity index is 5.28. The molecular formula is C18H36N4O4. The lowest BCUT2D eigenvalue weighted by atomic mass is 9.86. The van der Waals surface area contributed by atoms with Gasteiger partial charge in [-0.2, -0.15) is 5.10 Å². The number of carbonyl (C=O) groups is 2. The molecule has 0 aromatic heterocycles. The zero-order valence-electron chi connectivity index (χ0n) is 17.6. The van der Waals surface area contributed by atoms with Crippen molar-refractivity contribution in [1.29, 1.82) is 0 Å². The lowest BCUT2D eigenvalue weighted by Gasteiger charge is -2.36. The van der Waals surface area contributed by atoms with Crippen molar-refractivity contribution in [1.82, 2.24) is 10.7 Å². The lowest BCUT2D eigenvalue weighted by Crippen LogP contribution is -2.55. The number of nitrogens with one attached hydrogen (secondary N) is 2. The molecule has 4 N–H and O–H groups in total. The summed E-state index contributed by atoms with van der Waals surface area (Å²) in [5.74, 6) is -0.526. The van der Waals surface area contributed by atoms with Gasteiger partial charge in [0.15, 0.2) is 0 Å². The van der Waals surface area contributed by atoms with E-state index in [2.05, 4.69) is 15.8 Å². The van der Waals surface area contributed by atoms with E-state index in [1.54, 1.807) is 20.8 Å². The largest absolute Gasteiger partial charge is 0.458 e. The third-order valence-corrected chi connectivity index (χ3v) is 3.62. The fourth-order valence-corrected chi connectivity index (χ4v) is 2.28. The number of ether oxygens (including phenoxy) is 2. The highest BCUT2D eigenvalue weighted by Gasteiger charge is 2.39. The van der Waals surface area contributed by atoms with Crippen LogP contribution in [0.25, 0.3) is 0 Å². The predicted molar refractivity (Wildman–Crippen MR) is 103 cm³/mol. The van der Waals surface area contributed by atoms with Crippen molar-refractivity contribution >= 4 is 18.4 Å². The number of nitrogens with zero attached hydrogens (tertiary/aromatic N) is 1. The van der Waals surface area contributed by atoms with Crippen molar-refractivity contribution < 1.29 is 19.1 Å². The molecule has 0 aromatic rings. The molecule has 0 rings (SSSR count). The summed E-state index contributed by atoms with van der Waals surface area (Å²) in [6, 6.07) is -0.861. The standard InChI is InChI=1S/C18H36N4O4/c1-10-12(18(8,9)22-20-11-19)25-14(23)13(16(2,3)4)21-15(24)26-17(5,6)7/h11-13,22H,10H2,1-9H3,(H2,19,20)(H,21,24)/t12?,13-/m1/s1. The monoisotopic (exact) mass is 372 g/mol. The summed E-state index contributed by atoms with van der Waals surface area (Å²) in [6.07, 6.45) is 0.574. The quantitative estimate of drug-likeness (QED) is 0.274. The molecular weight excluding hydrogens is 336 g/mol. The first-order chi connectivity index (χ1) is 11.6. The van der Waals surface area contributed by atoms with Gasteiger partial charge in [0.25, 0.3) is 0 Å². The van der Waals surface area contributed by atoms with Gasteiger partial charge in [0, 0.05) is 0 Å². The predicted octanol–water partition coefficient (Wildman–Crippen LogP) is 2.52. The molecule has 1 unspecified atom stereocenters. The van der Waals surface area contributed by atoms with Crippen LogP contribution in [0.4, 0.5) is 4.79 Å². The Morgan fingerprint density at radius 2 is 1.65 bits per heavy atom. The maximum absolute atomic E-state index is 12.8. The minimum absolute atomic E-state index is 0.469. The summed E-state index contributed by atoms with van der Waals surface area (Å²) in [6.45, 7) is 16.4. The van der Waals surface area contributed by atoms with E-state index in [0.717, 1.165) is 6.34 Å². The summed E-state index contributed by atoms with van der Waals surface area (Å²) in [5.41, 5.74) is 6.29. The van der Waals surface area contributed by atoms with Crippen LogP contribution < -0.4 is 16.5 Å². The van der Waals surface area contributed by atoms with Gasteiger partial charge in [-0.05, 0) is 46.5 Å². The van der Waals surface area contributed by atoms with E-state index < -0.39 is 40.8 Å². The maximum Gasteiger partial charge on any atom is 0.408 e. The summed E-state index contributed by atoms with van der Waals surface area (Å²) in [7, 11) is 0. The molecule has 0 aliphatic heterocycles. The van der Waals surface area contributed by atoms with Crippen LogP contribution in [-0.2, 0) is 14.3 Å². The van der Waals surface area contributed by atoms with Crippen LogP contribution >= 0.6 is 0 Å². The van der Waals surface area contributed by atoms with E-state index in [-0.39, 0.29) is 0 Å². The van der Waals surface area contributed by atoms with E-state index in [9.17, 15) is 9.59 Å². The molecule has 0 radical (unpaired) electrons. The van der Waals surface area contributed by atoms with E-state index >= 15 is 0 Å². The van der Waals surface area contributed by atoms with Crippen LogP contribution in [0.1, 0.15) is 68.7 Å². The van der Waals surface area contributed by atoms with Crippen LogP contribution in [-0.4, -0.2) is 41.7 Å². The average molecular weight is 373 g/mol. The molecule has 0 bridgehead atoms. The van der Waals surface area contributed by atoms with Gasteiger partial charge in [-0.3, -0.25) is 5.43 Å². The van der Waals surface area contributed by atoms with Crippen LogP contribution in [0.5, 0.6) is 0 Å². The molecule has 8 nitrogen and oxygen atoms in total. The highest BCUT2D eigenvalue weighted by Crippen LogP contribution is 2.24. The molecule has 26 heavy (non-hydrogen) atoms. The van der Waals surface area contributed by atoms with Gasteiger partial charge in [0.1, 0.15) is 24.1 Å². The molecule has 0 saturated heterocycles. The van der Waals surface area contributed by atoms with Crippen molar-refractivity contribution in [2.75, 3.05) is 0 Å². The second kappa shape index (κ2) is 9.09. The van der Waals surface area contributed by atoms with Crippen LogP contribution in [0.3, 0.4) is 0 Å².